The smallest absolute Gasteiger partial charge is 0.339 e. The molecule has 0 fully saturated rings. The van der Waals surface area contributed by atoms with Gasteiger partial charge in [-0.2, -0.15) is 0 Å². The Kier molecular flexibility index (Phi) is 3.91. The van der Waals surface area contributed by atoms with E-state index in [1.807, 2.05) is 0 Å². The second kappa shape index (κ2) is 6.04. The molecule has 24 heavy (non-hydrogen) atoms. The number of fused-ring (bicyclic) bond motifs is 1. The van der Waals surface area contributed by atoms with Crippen LogP contribution in [0.4, 0.5) is 5.69 Å². The minimum absolute atomic E-state index is 0.0784. The van der Waals surface area contributed by atoms with Gasteiger partial charge >= 0.3 is 5.97 Å². The molecule has 0 saturated heterocycles. The number of aryl methyl sites for hydroxylation is 1. The number of hydrogen-bond donors (Lipinski definition) is 3. The number of anilines is 1. The molecule has 0 aliphatic carbocycles. The second-order valence-corrected chi connectivity index (χ2v) is 5.23. The molecule has 1 heterocycles. The molecule has 1 aromatic heterocycles. The molecule has 3 rings (SSSR count). The standard InChI is InChI=1S/C17H15N3O4/c1-9-7-12-13(8-14(9)21)19-15(18-12)16(22)20-11-6-4-3-5-10(11)17(23)24-2/h3-8,21H,1-2H3,(H,18,19)(H,20,22). The fourth-order valence-electron chi connectivity index (χ4n) is 2.32. The maximum Gasteiger partial charge on any atom is 0.339 e. The number of aromatic amines is 1. The number of aromatic nitrogens is 2. The lowest BCUT2D eigenvalue weighted by atomic mass is 10.2. The predicted molar refractivity (Wildman–Crippen MR) is 88.2 cm³/mol. The van der Waals surface area contributed by atoms with E-state index in [1.54, 1.807) is 37.3 Å². The summed E-state index contributed by atoms with van der Waals surface area (Å²) in [6, 6.07) is 9.72. The second-order valence-electron chi connectivity index (χ2n) is 5.23. The van der Waals surface area contributed by atoms with Gasteiger partial charge in [0, 0.05) is 6.07 Å². The van der Waals surface area contributed by atoms with Crippen LogP contribution in [0.1, 0.15) is 26.5 Å². The van der Waals surface area contributed by atoms with Crippen LogP contribution in [-0.4, -0.2) is 34.1 Å². The van der Waals surface area contributed by atoms with Gasteiger partial charge in [0.25, 0.3) is 5.91 Å². The highest BCUT2D eigenvalue weighted by Crippen LogP contribution is 2.23. The zero-order valence-corrected chi connectivity index (χ0v) is 13.1. The van der Waals surface area contributed by atoms with Crippen LogP contribution in [-0.2, 0) is 4.74 Å². The summed E-state index contributed by atoms with van der Waals surface area (Å²) in [5.41, 5.74) is 2.36. The number of nitrogens with one attached hydrogen (secondary N) is 2. The minimum Gasteiger partial charge on any atom is -0.508 e. The van der Waals surface area contributed by atoms with Crippen molar-refractivity contribution in [3.63, 3.8) is 0 Å². The molecule has 2 aromatic carbocycles. The van der Waals surface area contributed by atoms with Crippen molar-refractivity contribution in [1.82, 2.24) is 9.97 Å². The molecule has 1 amide bonds. The van der Waals surface area contributed by atoms with Gasteiger partial charge in [-0.05, 0) is 30.7 Å². The van der Waals surface area contributed by atoms with Crippen molar-refractivity contribution in [2.45, 2.75) is 6.92 Å². The van der Waals surface area contributed by atoms with Crippen molar-refractivity contribution < 1.29 is 19.4 Å². The predicted octanol–water partition coefficient (Wildman–Crippen LogP) is 2.62. The number of amides is 1. The number of benzene rings is 2. The number of methoxy groups -OCH3 is 1. The largest absolute Gasteiger partial charge is 0.508 e. The molecule has 3 aromatic rings. The Bertz CT molecular complexity index is 907. The van der Waals surface area contributed by atoms with Gasteiger partial charge in [-0.15, -0.1) is 0 Å². The average Bonchev–Trinajstić information content (AvgIpc) is 2.98. The number of aromatic hydroxyl groups is 1. The lowest BCUT2D eigenvalue weighted by Crippen LogP contribution is -2.16. The summed E-state index contributed by atoms with van der Waals surface area (Å²) in [7, 11) is 1.27. The highest BCUT2D eigenvalue weighted by atomic mass is 16.5. The number of ether oxygens (including phenoxy) is 1. The number of carbonyl (C=O) groups excluding carboxylic acids is 2. The molecule has 0 atom stereocenters. The maximum absolute atomic E-state index is 12.4. The third-order valence-corrected chi connectivity index (χ3v) is 3.60. The number of H-pyrrole nitrogens is 1. The molecule has 3 N–H and O–H groups in total. The monoisotopic (exact) mass is 325 g/mol. The number of phenolic OH excluding ortho intramolecular Hbond substituents is 1. The SMILES string of the molecule is COC(=O)c1ccccc1NC(=O)c1nc2cc(O)c(C)cc2[nH]1. The van der Waals surface area contributed by atoms with Gasteiger partial charge < -0.3 is 20.1 Å². The first-order chi connectivity index (χ1) is 11.5. The molecular formula is C17H15N3O4. The summed E-state index contributed by atoms with van der Waals surface area (Å²) in [5, 5.41) is 12.4. The summed E-state index contributed by atoms with van der Waals surface area (Å²) in [4.78, 5) is 31.2. The Morgan fingerprint density at radius 3 is 2.75 bits per heavy atom. The molecule has 0 aliphatic rings. The molecule has 0 bridgehead atoms. The van der Waals surface area contributed by atoms with Crippen molar-refractivity contribution in [2.24, 2.45) is 0 Å². The molecule has 0 spiro atoms. The number of phenols is 1. The van der Waals surface area contributed by atoms with E-state index in [1.165, 1.54) is 13.2 Å². The van der Waals surface area contributed by atoms with Crippen LogP contribution >= 0.6 is 0 Å². The first-order valence-corrected chi connectivity index (χ1v) is 7.17. The number of esters is 1. The summed E-state index contributed by atoms with van der Waals surface area (Å²) < 4.78 is 4.70. The van der Waals surface area contributed by atoms with E-state index in [9.17, 15) is 14.7 Å². The molecule has 0 saturated carbocycles. The van der Waals surface area contributed by atoms with Gasteiger partial charge in [-0.25, -0.2) is 9.78 Å². The van der Waals surface area contributed by atoms with Crippen LogP contribution < -0.4 is 5.32 Å². The number of hydrogen-bond acceptors (Lipinski definition) is 5. The Morgan fingerprint density at radius 2 is 2.00 bits per heavy atom. The van der Waals surface area contributed by atoms with Gasteiger partial charge in [0.15, 0.2) is 5.82 Å². The van der Waals surface area contributed by atoms with Crippen molar-refractivity contribution in [3.8, 4) is 5.75 Å². The van der Waals surface area contributed by atoms with Crippen LogP contribution in [0, 0.1) is 6.92 Å². The van der Waals surface area contributed by atoms with E-state index in [2.05, 4.69) is 15.3 Å². The van der Waals surface area contributed by atoms with E-state index in [4.69, 9.17) is 4.74 Å². The highest BCUT2D eigenvalue weighted by Gasteiger charge is 2.17. The molecule has 7 heteroatoms. The van der Waals surface area contributed by atoms with Crippen molar-refractivity contribution >= 4 is 28.6 Å². The van der Waals surface area contributed by atoms with E-state index in [0.29, 0.717) is 22.3 Å². The number of rotatable bonds is 3. The molecule has 0 radical (unpaired) electrons. The number of carbonyl (C=O) groups is 2. The van der Waals surface area contributed by atoms with Gasteiger partial charge in [0.2, 0.25) is 0 Å². The lowest BCUT2D eigenvalue weighted by molar-refractivity contribution is 0.0602. The van der Waals surface area contributed by atoms with Gasteiger partial charge in [-0.3, -0.25) is 4.79 Å². The van der Waals surface area contributed by atoms with Crippen LogP contribution in [0.5, 0.6) is 5.75 Å². The number of imidazole rings is 1. The van der Waals surface area contributed by atoms with Crippen molar-refractivity contribution in [3.05, 3.63) is 53.3 Å². The minimum atomic E-state index is -0.545. The Hall–Kier alpha value is -3.35. The zero-order chi connectivity index (χ0) is 17.3. The molecule has 0 unspecified atom stereocenters. The highest BCUT2D eigenvalue weighted by molar-refractivity contribution is 6.07. The van der Waals surface area contributed by atoms with Crippen LogP contribution in [0.25, 0.3) is 11.0 Å². The molecule has 0 aliphatic heterocycles. The van der Waals surface area contributed by atoms with Gasteiger partial charge in [0.1, 0.15) is 5.75 Å². The van der Waals surface area contributed by atoms with Gasteiger partial charge in [0.05, 0.1) is 29.4 Å². The molecule has 122 valence electrons. The zero-order valence-electron chi connectivity index (χ0n) is 13.1. The van der Waals surface area contributed by atoms with E-state index >= 15 is 0 Å². The average molecular weight is 325 g/mol. The fourth-order valence-corrected chi connectivity index (χ4v) is 2.32. The van der Waals surface area contributed by atoms with Crippen LogP contribution in [0.2, 0.25) is 0 Å². The summed E-state index contributed by atoms with van der Waals surface area (Å²) in [6.07, 6.45) is 0. The van der Waals surface area contributed by atoms with E-state index in [-0.39, 0.29) is 17.1 Å². The van der Waals surface area contributed by atoms with Crippen molar-refractivity contribution in [2.75, 3.05) is 12.4 Å². The fraction of sp³-hybridized carbons (Fsp3) is 0.118. The van der Waals surface area contributed by atoms with E-state index < -0.39 is 11.9 Å². The van der Waals surface area contributed by atoms with Gasteiger partial charge in [-0.1, -0.05) is 12.1 Å². The molecular weight excluding hydrogens is 310 g/mol. The summed E-state index contributed by atoms with van der Waals surface area (Å²) >= 11 is 0. The first kappa shape index (κ1) is 15.5. The summed E-state index contributed by atoms with van der Waals surface area (Å²) in [6.45, 7) is 1.75. The third-order valence-electron chi connectivity index (χ3n) is 3.60. The Morgan fingerprint density at radius 1 is 1.25 bits per heavy atom. The quantitative estimate of drug-likeness (QED) is 0.642. The number of nitrogens with zero attached hydrogens (tertiary/aromatic N) is 1. The van der Waals surface area contributed by atoms with Crippen molar-refractivity contribution in [1.29, 1.82) is 0 Å². The number of para-hydroxylation sites is 1. The molecule has 7 nitrogen and oxygen atoms in total. The third kappa shape index (κ3) is 2.79. The van der Waals surface area contributed by atoms with Crippen LogP contribution in [0.15, 0.2) is 36.4 Å². The van der Waals surface area contributed by atoms with E-state index in [0.717, 1.165) is 0 Å². The normalized spacial score (nSPS) is 10.6. The van der Waals surface area contributed by atoms with Crippen LogP contribution in [0.3, 0.4) is 0 Å². The Balaban J connectivity index is 1.92. The Labute approximate surface area is 137 Å². The topological polar surface area (TPSA) is 104 Å². The lowest BCUT2D eigenvalue weighted by Gasteiger charge is -2.08. The maximum atomic E-state index is 12.4. The first-order valence-electron chi connectivity index (χ1n) is 7.17. The summed E-state index contributed by atoms with van der Waals surface area (Å²) in [5.74, 6) is -0.859.